The first-order chi connectivity index (χ1) is 12.5. The van der Waals surface area contributed by atoms with Crippen molar-refractivity contribution in [1.29, 1.82) is 0 Å². The molecule has 5 heterocycles. The molecule has 0 aromatic carbocycles. The van der Waals surface area contributed by atoms with Gasteiger partial charge in [-0.15, -0.1) is 11.3 Å². The molecule has 0 aliphatic carbocycles. The molecule has 2 aromatic rings. The van der Waals surface area contributed by atoms with Gasteiger partial charge in [0.2, 0.25) is 5.91 Å². The average molecular weight is 375 g/mol. The highest BCUT2D eigenvalue weighted by Gasteiger charge is 2.37. The van der Waals surface area contributed by atoms with Crippen molar-refractivity contribution in [2.75, 3.05) is 19.6 Å². The molecule has 26 heavy (non-hydrogen) atoms. The van der Waals surface area contributed by atoms with Crippen molar-refractivity contribution in [1.82, 2.24) is 19.9 Å². The molecule has 3 aliphatic heterocycles. The number of thiazole rings is 1. The Morgan fingerprint density at radius 1 is 1.27 bits per heavy atom. The number of aromatic nitrogens is 2. The van der Waals surface area contributed by atoms with Crippen LogP contribution in [0.25, 0.3) is 0 Å². The number of hydrogen-bond acceptors (Lipinski definition) is 6. The van der Waals surface area contributed by atoms with Crippen LogP contribution in [0.3, 0.4) is 0 Å². The monoisotopic (exact) mass is 374 g/mol. The van der Waals surface area contributed by atoms with Crippen LogP contribution in [0, 0.1) is 26.7 Å². The number of amides is 1. The first-order valence-electron chi connectivity index (χ1n) is 9.34. The van der Waals surface area contributed by atoms with E-state index in [4.69, 9.17) is 4.52 Å². The lowest BCUT2D eigenvalue weighted by atomic mass is 9.94. The molecule has 2 aromatic heterocycles. The molecule has 0 radical (unpaired) electrons. The Morgan fingerprint density at radius 2 is 2.12 bits per heavy atom. The summed E-state index contributed by atoms with van der Waals surface area (Å²) in [6.07, 6.45) is 2.74. The number of carbonyl (C=O) groups excluding carboxylic acids is 1. The number of carbonyl (C=O) groups is 1. The van der Waals surface area contributed by atoms with Crippen LogP contribution >= 0.6 is 11.3 Å². The Hall–Kier alpha value is -1.73. The fourth-order valence-electron chi connectivity index (χ4n) is 4.31. The van der Waals surface area contributed by atoms with E-state index in [1.807, 2.05) is 26.2 Å². The molecule has 2 atom stereocenters. The molecule has 1 amide bonds. The summed E-state index contributed by atoms with van der Waals surface area (Å²) in [7, 11) is 0. The van der Waals surface area contributed by atoms with Gasteiger partial charge in [-0.05, 0) is 39.5 Å². The summed E-state index contributed by atoms with van der Waals surface area (Å²) in [6, 6.07) is 0.307. The van der Waals surface area contributed by atoms with E-state index in [1.165, 1.54) is 12.0 Å². The van der Waals surface area contributed by atoms with Crippen LogP contribution in [0.5, 0.6) is 0 Å². The Balaban J connectivity index is 1.45. The van der Waals surface area contributed by atoms with E-state index < -0.39 is 0 Å². The maximum Gasteiger partial charge on any atom is 0.228 e. The third-order valence-corrected chi connectivity index (χ3v) is 6.49. The highest BCUT2D eigenvalue weighted by molar-refractivity contribution is 7.09. The van der Waals surface area contributed by atoms with E-state index in [1.54, 1.807) is 11.3 Å². The summed E-state index contributed by atoms with van der Waals surface area (Å²) < 4.78 is 5.32. The van der Waals surface area contributed by atoms with Gasteiger partial charge < -0.3 is 9.42 Å². The lowest BCUT2D eigenvalue weighted by Gasteiger charge is -2.36. The van der Waals surface area contributed by atoms with Crippen molar-refractivity contribution in [2.24, 2.45) is 5.92 Å². The van der Waals surface area contributed by atoms with Gasteiger partial charge in [-0.1, -0.05) is 5.16 Å². The van der Waals surface area contributed by atoms with Crippen molar-refractivity contribution in [3.05, 3.63) is 33.1 Å². The molecule has 3 aliphatic rings. The Bertz CT molecular complexity index is 780. The number of nitrogens with zero attached hydrogens (tertiary/aromatic N) is 4. The van der Waals surface area contributed by atoms with Crippen molar-refractivity contribution >= 4 is 17.2 Å². The van der Waals surface area contributed by atoms with Gasteiger partial charge in [0, 0.05) is 43.2 Å². The van der Waals surface area contributed by atoms with Gasteiger partial charge in [0.05, 0.1) is 22.8 Å². The first-order valence-corrected chi connectivity index (χ1v) is 10.2. The predicted molar refractivity (Wildman–Crippen MR) is 100 cm³/mol. The maximum atomic E-state index is 12.9. The zero-order valence-electron chi connectivity index (χ0n) is 15.7. The molecule has 0 saturated carbocycles. The number of fused-ring (bicyclic) bond motifs is 4. The summed E-state index contributed by atoms with van der Waals surface area (Å²) in [5.41, 5.74) is 3.08. The van der Waals surface area contributed by atoms with Gasteiger partial charge in [0.1, 0.15) is 5.76 Å². The summed E-state index contributed by atoms with van der Waals surface area (Å²) in [5.74, 6) is 1.69. The lowest BCUT2D eigenvalue weighted by molar-refractivity contribution is -0.134. The smallest absolute Gasteiger partial charge is 0.228 e. The van der Waals surface area contributed by atoms with E-state index >= 15 is 0 Å². The van der Waals surface area contributed by atoms with Crippen molar-refractivity contribution < 1.29 is 9.32 Å². The second-order valence-corrected chi connectivity index (χ2v) is 8.74. The van der Waals surface area contributed by atoms with Crippen LogP contribution in [0.4, 0.5) is 0 Å². The number of aryl methyl sites for hydroxylation is 3. The molecule has 140 valence electrons. The molecule has 3 fully saturated rings. The Kier molecular flexibility index (Phi) is 4.84. The number of piperidine rings is 1. The highest BCUT2D eigenvalue weighted by Crippen LogP contribution is 2.30. The number of rotatable bonds is 4. The quantitative estimate of drug-likeness (QED) is 0.823. The van der Waals surface area contributed by atoms with E-state index in [2.05, 4.69) is 19.9 Å². The van der Waals surface area contributed by atoms with Crippen molar-refractivity contribution in [3.63, 3.8) is 0 Å². The average Bonchev–Trinajstić information content (AvgIpc) is 3.02. The van der Waals surface area contributed by atoms with E-state index in [9.17, 15) is 4.79 Å². The summed E-state index contributed by atoms with van der Waals surface area (Å²) in [5, 5.41) is 7.11. The van der Waals surface area contributed by atoms with Crippen LogP contribution in [0.15, 0.2) is 9.90 Å². The zero-order chi connectivity index (χ0) is 18.3. The summed E-state index contributed by atoms with van der Waals surface area (Å²) >= 11 is 1.61. The topological polar surface area (TPSA) is 62.5 Å². The maximum absolute atomic E-state index is 12.9. The van der Waals surface area contributed by atoms with Crippen LogP contribution in [0.2, 0.25) is 0 Å². The molecule has 5 rings (SSSR count). The van der Waals surface area contributed by atoms with Crippen LogP contribution < -0.4 is 0 Å². The minimum Gasteiger partial charge on any atom is -0.361 e. The molecule has 3 saturated heterocycles. The Morgan fingerprint density at radius 3 is 2.81 bits per heavy atom. The van der Waals surface area contributed by atoms with Gasteiger partial charge in [0.15, 0.2) is 0 Å². The van der Waals surface area contributed by atoms with Crippen LogP contribution in [0.1, 0.15) is 40.6 Å². The SMILES string of the molecule is Cc1nc(CC(=O)N2C[C@@H]3CC[C@H]2CN(Cc2c(C)noc2C)C3)cs1. The molecular weight excluding hydrogens is 348 g/mol. The summed E-state index contributed by atoms with van der Waals surface area (Å²) in [4.78, 5) is 22.0. The lowest BCUT2D eigenvalue weighted by Crippen LogP contribution is -2.48. The summed E-state index contributed by atoms with van der Waals surface area (Å²) in [6.45, 7) is 9.69. The van der Waals surface area contributed by atoms with E-state index in [0.29, 0.717) is 18.4 Å². The van der Waals surface area contributed by atoms with Gasteiger partial charge in [-0.3, -0.25) is 9.69 Å². The third kappa shape index (κ3) is 3.55. The van der Waals surface area contributed by atoms with Gasteiger partial charge in [0.25, 0.3) is 0 Å². The fraction of sp³-hybridized carbons (Fsp3) is 0.632. The van der Waals surface area contributed by atoms with Gasteiger partial charge >= 0.3 is 0 Å². The van der Waals surface area contributed by atoms with Gasteiger partial charge in [-0.25, -0.2) is 4.98 Å². The molecule has 0 unspecified atom stereocenters. The van der Waals surface area contributed by atoms with E-state index in [-0.39, 0.29) is 5.91 Å². The first kappa shape index (κ1) is 17.7. The molecule has 2 bridgehead atoms. The molecule has 0 spiro atoms. The number of hydrogen-bond donors (Lipinski definition) is 0. The van der Waals surface area contributed by atoms with Crippen molar-refractivity contribution in [2.45, 2.75) is 52.6 Å². The minimum absolute atomic E-state index is 0.226. The standard InChI is InChI=1S/C19H26N4O2S/c1-12-18(13(2)25-21-12)10-22-7-15-4-5-17(9-22)23(8-15)19(24)6-16-11-26-14(3)20-16/h11,15,17H,4-10H2,1-3H3/t15-,17+/m1/s1. The zero-order valence-corrected chi connectivity index (χ0v) is 16.5. The molecular formula is C19H26N4O2S. The largest absolute Gasteiger partial charge is 0.361 e. The molecule has 7 heteroatoms. The highest BCUT2D eigenvalue weighted by atomic mass is 32.1. The normalized spacial score (nSPS) is 23.4. The van der Waals surface area contributed by atoms with Crippen molar-refractivity contribution in [3.8, 4) is 0 Å². The van der Waals surface area contributed by atoms with Crippen LogP contribution in [-0.4, -0.2) is 51.5 Å². The second kappa shape index (κ2) is 7.12. The van der Waals surface area contributed by atoms with Crippen LogP contribution in [-0.2, 0) is 17.8 Å². The third-order valence-electron chi connectivity index (χ3n) is 5.67. The molecule has 6 nitrogen and oxygen atoms in total. The van der Waals surface area contributed by atoms with Gasteiger partial charge in [-0.2, -0.15) is 0 Å². The fourth-order valence-corrected chi connectivity index (χ4v) is 4.92. The predicted octanol–water partition coefficient (Wildman–Crippen LogP) is 2.72. The second-order valence-electron chi connectivity index (χ2n) is 7.67. The minimum atomic E-state index is 0.226. The van der Waals surface area contributed by atoms with E-state index in [0.717, 1.165) is 54.8 Å². The Labute approximate surface area is 158 Å². The molecule has 0 N–H and O–H groups in total.